The number of aliphatic hydroxyl groups excluding tert-OH is 4. The lowest BCUT2D eigenvalue weighted by atomic mass is 9.85. The number of hydrogen-bond donors (Lipinski definition) is 6. The SMILES string of the molecule is O=[N+]([O-])c1ccc(P2(=O)[C@@]3(O)[C@@H](O)[C@H](O)[C@@H](O)[C@@H](O)[C@]32O)cc1. The Morgan fingerprint density at radius 1 is 0.957 bits per heavy atom. The molecule has 6 N–H and O–H groups in total. The second-order valence-electron chi connectivity index (χ2n) is 5.71. The first-order valence-corrected chi connectivity index (χ1v) is 8.28. The Kier molecular flexibility index (Phi) is 3.28. The van der Waals surface area contributed by atoms with Gasteiger partial charge in [0, 0.05) is 17.4 Å². The number of fused-ring (bicyclic) bond motifs is 1. The summed E-state index contributed by atoms with van der Waals surface area (Å²) in [6, 6.07) is 4.01. The average molecular weight is 347 g/mol. The van der Waals surface area contributed by atoms with Crippen LogP contribution >= 0.6 is 7.14 Å². The molecule has 10 nitrogen and oxygen atoms in total. The molecule has 2 aliphatic rings. The smallest absolute Gasteiger partial charge is 0.269 e. The highest BCUT2D eigenvalue weighted by Crippen LogP contribution is 2.89. The second kappa shape index (κ2) is 4.58. The summed E-state index contributed by atoms with van der Waals surface area (Å²) in [6.07, 6.45) is -8.40. The van der Waals surface area contributed by atoms with Crippen LogP contribution in [0.5, 0.6) is 0 Å². The van der Waals surface area contributed by atoms with Crippen LogP contribution in [0.2, 0.25) is 0 Å². The van der Waals surface area contributed by atoms with E-state index in [-0.39, 0.29) is 11.0 Å². The minimum atomic E-state index is -4.32. The summed E-state index contributed by atoms with van der Waals surface area (Å²) >= 11 is 0. The van der Waals surface area contributed by atoms with Crippen molar-refractivity contribution in [1.82, 2.24) is 0 Å². The van der Waals surface area contributed by atoms with Gasteiger partial charge in [-0.2, -0.15) is 0 Å². The van der Waals surface area contributed by atoms with Gasteiger partial charge in [-0.25, -0.2) is 0 Å². The number of non-ortho nitro benzene ring substituents is 1. The van der Waals surface area contributed by atoms with Crippen LogP contribution in [0.15, 0.2) is 24.3 Å². The maximum atomic E-state index is 13.1. The molecule has 0 amide bonds. The number of hydrogen-bond acceptors (Lipinski definition) is 9. The molecule has 1 aromatic rings. The molecule has 0 radical (unpaired) electrons. The molecule has 7 atom stereocenters. The normalized spacial score (nSPS) is 48.6. The fourth-order valence-electron chi connectivity index (χ4n) is 3.32. The van der Waals surface area contributed by atoms with Crippen LogP contribution in [0.1, 0.15) is 0 Å². The molecule has 1 unspecified atom stereocenters. The van der Waals surface area contributed by atoms with Gasteiger partial charge in [0.2, 0.25) is 0 Å². The fraction of sp³-hybridized carbons (Fsp3) is 0.500. The van der Waals surface area contributed by atoms with E-state index in [0.717, 1.165) is 24.3 Å². The molecule has 23 heavy (non-hydrogen) atoms. The molecular weight excluding hydrogens is 333 g/mol. The van der Waals surface area contributed by atoms with Crippen LogP contribution in [0.3, 0.4) is 0 Å². The molecule has 11 heteroatoms. The summed E-state index contributed by atoms with van der Waals surface area (Å²) in [5, 5.41) is 65.0. The Morgan fingerprint density at radius 3 is 1.70 bits per heavy atom. The number of nitro groups is 1. The van der Waals surface area contributed by atoms with E-state index >= 15 is 0 Å². The summed E-state index contributed by atoms with van der Waals surface area (Å²) in [5.41, 5.74) is -0.328. The van der Waals surface area contributed by atoms with Gasteiger partial charge in [-0.15, -0.1) is 0 Å². The number of rotatable bonds is 2. The van der Waals surface area contributed by atoms with Crippen LogP contribution in [0.4, 0.5) is 5.69 Å². The fourth-order valence-corrected chi connectivity index (χ4v) is 7.24. The Morgan fingerprint density at radius 2 is 1.35 bits per heavy atom. The molecule has 0 aromatic heterocycles. The molecule has 3 rings (SSSR count). The maximum Gasteiger partial charge on any atom is 0.269 e. The lowest BCUT2D eigenvalue weighted by Gasteiger charge is -2.36. The zero-order chi connectivity index (χ0) is 17.4. The highest BCUT2D eigenvalue weighted by Gasteiger charge is 2.95. The van der Waals surface area contributed by atoms with Gasteiger partial charge < -0.3 is 35.2 Å². The van der Waals surface area contributed by atoms with Crippen molar-refractivity contribution in [2.24, 2.45) is 0 Å². The molecule has 126 valence electrons. The minimum absolute atomic E-state index is 0.229. The predicted octanol–water partition coefficient (Wildman–Crippen LogP) is -2.57. The van der Waals surface area contributed by atoms with Crippen molar-refractivity contribution in [3.8, 4) is 0 Å². The summed E-state index contributed by atoms with van der Waals surface area (Å²) in [6.45, 7) is 0. The summed E-state index contributed by atoms with van der Waals surface area (Å²) in [5.74, 6) is 0. The summed E-state index contributed by atoms with van der Waals surface area (Å²) in [7, 11) is -4.32. The van der Waals surface area contributed by atoms with Crippen molar-refractivity contribution >= 4 is 18.1 Å². The third-order valence-electron chi connectivity index (χ3n) is 4.70. The number of nitrogens with zero attached hydrogens (tertiary/aromatic N) is 1. The van der Waals surface area contributed by atoms with Crippen molar-refractivity contribution < 1.29 is 40.1 Å². The zero-order valence-corrected chi connectivity index (χ0v) is 12.3. The third kappa shape index (κ3) is 1.56. The Balaban J connectivity index is 2.13. The first-order chi connectivity index (χ1) is 10.5. The standard InChI is InChI=1S/C12H14NO9P/c14-7-8(15)10(17)12(19)11(18,9(7)16)23(12,22)6-3-1-5(2-4-6)13(20)21/h1-4,7-10,14-19H/t7-,8-,9-,10+,11-,12+,23?/m1/s1. The number of nitro benzene ring substituents is 1. The third-order valence-corrected chi connectivity index (χ3v) is 8.63. The van der Waals surface area contributed by atoms with Gasteiger partial charge in [-0.1, -0.05) is 0 Å². The predicted molar refractivity (Wildman–Crippen MR) is 74.3 cm³/mol. The number of aliphatic hydroxyl groups is 6. The van der Waals surface area contributed by atoms with Gasteiger partial charge in [0.05, 0.1) is 4.92 Å². The van der Waals surface area contributed by atoms with Crippen LogP contribution in [0, 0.1) is 10.1 Å². The van der Waals surface area contributed by atoms with E-state index in [2.05, 4.69) is 0 Å². The Bertz CT molecular complexity index is 694. The van der Waals surface area contributed by atoms with E-state index < -0.39 is 47.2 Å². The van der Waals surface area contributed by atoms with Crippen LogP contribution < -0.4 is 5.30 Å². The van der Waals surface area contributed by atoms with Gasteiger partial charge in [0.25, 0.3) is 5.69 Å². The summed E-state index contributed by atoms with van der Waals surface area (Å²) < 4.78 is 13.1. The molecule has 2 fully saturated rings. The van der Waals surface area contributed by atoms with Gasteiger partial charge in [-0.3, -0.25) is 10.1 Å². The van der Waals surface area contributed by atoms with Crippen molar-refractivity contribution in [2.45, 2.75) is 35.1 Å². The molecular formula is C12H14NO9P. The second-order valence-corrected chi connectivity index (χ2v) is 8.80. The molecule has 1 saturated heterocycles. The summed E-state index contributed by atoms with van der Waals surface area (Å²) in [4.78, 5) is 9.93. The monoisotopic (exact) mass is 347 g/mol. The van der Waals surface area contributed by atoms with E-state index in [0.29, 0.717) is 0 Å². The van der Waals surface area contributed by atoms with Gasteiger partial charge in [0.1, 0.15) is 24.4 Å². The van der Waals surface area contributed by atoms with E-state index in [1.807, 2.05) is 0 Å². The lowest BCUT2D eigenvalue weighted by molar-refractivity contribution is -0.384. The molecule has 1 heterocycles. The van der Waals surface area contributed by atoms with Crippen LogP contribution in [-0.2, 0) is 4.57 Å². The van der Waals surface area contributed by atoms with Gasteiger partial charge >= 0.3 is 0 Å². The van der Waals surface area contributed by atoms with E-state index in [1.165, 1.54) is 0 Å². The zero-order valence-electron chi connectivity index (χ0n) is 11.4. The highest BCUT2D eigenvalue weighted by molar-refractivity contribution is 7.82. The van der Waals surface area contributed by atoms with Crippen LogP contribution in [0.25, 0.3) is 0 Å². The van der Waals surface area contributed by atoms with Crippen molar-refractivity contribution in [3.63, 3.8) is 0 Å². The largest absolute Gasteiger partial charge is 0.387 e. The molecule has 1 aliphatic carbocycles. The van der Waals surface area contributed by atoms with E-state index in [1.54, 1.807) is 0 Å². The maximum absolute atomic E-state index is 13.1. The first-order valence-electron chi connectivity index (χ1n) is 6.57. The molecule has 0 bridgehead atoms. The van der Waals surface area contributed by atoms with Crippen molar-refractivity contribution in [2.75, 3.05) is 0 Å². The number of benzene rings is 1. The molecule has 1 aliphatic heterocycles. The Hall–Kier alpha value is -1.39. The molecule has 1 saturated carbocycles. The highest BCUT2D eigenvalue weighted by atomic mass is 31.2. The molecule has 1 aromatic carbocycles. The topological polar surface area (TPSA) is 182 Å². The van der Waals surface area contributed by atoms with E-state index in [9.17, 15) is 45.3 Å². The van der Waals surface area contributed by atoms with Gasteiger partial charge in [-0.05, 0) is 12.1 Å². The first kappa shape index (κ1) is 16.5. The van der Waals surface area contributed by atoms with Crippen molar-refractivity contribution in [1.29, 1.82) is 0 Å². The lowest BCUT2D eigenvalue weighted by Crippen LogP contribution is -2.63. The van der Waals surface area contributed by atoms with Gasteiger partial charge in [0.15, 0.2) is 17.8 Å². The molecule has 0 spiro atoms. The van der Waals surface area contributed by atoms with Crippen molar-refractivity contribution in [3.05, 3.63) is 34.4 Å². The Labute approximate surface area is 128 Å². The van der Waals surface area contributed by atoms with E-state index in [4.69, 9.17) is 0 Å². The quantitative estimate of drug-likeness (QED) is 0.190. The van der Waals surface area contributed by atoms with Crippen LogP contribution in [-0.4, -0.2) is 70.7 Å². The average Bonchev–Trinajstić information content (AvgIpc) is 2.96. The minimum Gasteiger partial charge on any atom is -0.387 e.